The summed E-state index contributed by atoms with van der Waals surface area (Å²) in [6.45, 7) is 5.02. The molecule has 1 fully saturated rings. The van der Waals surface area contributed by atoms with E-state index in [2.05, 4.69) is 12.2 Å². The lowest BCUT2D eigenvalue weighted by Gasteiger charge is -2.35. The molecule has 2 N–H and O–H groups in total. The zero-order valence-corrected chi connectivity index (χ0v) is 21.3. The molecule has 6 nitrogen and oxygen atoms in total. The van der Waals surface area contributed by atoms with Crippen molar-refractivity contribution in [2.45, 2.75) is 51.7 Å². The Morgan fingerprint density at radius 1 is 1.22 bits per heavy atom. The van der Waals surface area contributed by atoms with Crippen LogP contribution >= 0.6 is 0 Å². The topological polar surface area (TPSA) is 72.9 Å². The van der Waals surface area contributed by atoms with Gasteiger partial charge in [0.2, 0.25) is 5.91 Å². The summed E-state index contributed by atoms with van der Waals surface area (Å²) >= 11 is -2.40. The highest BCUT2D eigenvalue weighted by atomic mass is 32.2. The van der Waals surface area contributed by atoms with Gasteiger partial charge in [0.15, 0.2) is 0 Å². The molecule has 1 amide bonds. The first-order valence-corrected chi connectivity index (χ1v) is 12.9. The lowest BCUT2D eigenvalue weighted by molar-refractivity contribution is -0.137. The van der Waals surface area contributed by atoms with E-state index in [4.69, 9.17) is 4.55 Å². The van der Waals surface area contributed by atoms with Crippen molar-refractivity contribution >= 4 is 28.5 Å². The predicted molar refractivity (Wildman–Crippen MR) is 133 cm³/mol. The fourth-order valence-electron chi connectivity index (χ4n) is 4.38. The Hall–Kier alpha value is -2.66. The van der Waals surface area contributed by atoms with Crippen LogP contribution in [0.2, 0.25) is 0 Å². The van der Waals surface area contributed by atoms with Crippen molar-refractivity contribution in [2.24, 2.45) is 5.92 Å². The number of hydrogen-bond acceptors (Lipinski definition) is 3. The van der Waals surface area contributed by atoms with Gasteiger partial charge in [-0.15, -0.1) is 0 Å². The number of nitrogens with zero attached hydrogens (tertiary/aromatic N) is 2. The van der Waals surface area contributed by atoms with Crippen LogP contribution in [0, 0.1) is 11.7 Å². The van der Waals surface area contributed by atoms with Gasteiger partial charge in [0.05, 0.1) is 17.2 Å². The molecule has 1 heterocycles. The van der Waals surface area contributed by atoms with Crippen molar-refractivity contribution in [1.82, 2.24) is 5.32 Å². The third-order valence-electron chi connectivity index (χ3n) is 6.84. The van der Waals surface area contributed by atoms with Crippen molar-refractivity contribution in [3.05, 3.63) is 58.9 Å². The van der Waals surface area contributed by atoms with Crippen molar-refractivity contribution < 1.29 is 31.1 Å². The number of alkyl halides is 3. The van der Waals surface area contributed by atoms with Gasteiger partial charge in [-0.25, -0.2) is 8.60 Å². The van der Waals surface area contributed by atoms with E-state index in [0.717, 1.165) is 41.8 Å². The third kappa shape index (κ3) is 6.56. The second-order valence-electron chi connectivity index (χ2n) is 9.06. The first kappa shape index (κ1) is 27.9. The molecular formula is C25H31F4N3O3S. The van der Waals surface area contributed by atoms with E-state index in [1.165, 1.54) is 25.2 Å². The Bertz CT molecular complexity index is 1100. The van der Waals surface area contributed by atoms with Crippen LogP contribution in [-0.2, 0) is 28.8 Å². The number of amides is 1. The summed E-state index contributed by atoms with van der Waals surface area (Å²) in [6, 6.07) is 7.50. The number of anilines is 2. The average molecular weight is 530 g/mol. The molecule has 0 radical (unpaired) electrons. The normalized spacial score (nSPS) is 16.5. The molecule has 0 aliphatic carbocycles. The molecular weight excluding hydrogens is 498 g/mol. The first-order valence-electron chi connectivity index (χ1n) is 11.8. The summed E-state index contributed by atoms with van der Waals surface area (Å²) in [5.41, 5.74) is 0.575. The van der Waals surface area contributed by atoms with Crippen molar-refractivity contribution in [3.8, 4) is 0 Å². The molecule has 36 heavy (non-hydrogen) atoms. The maximum Gasteiger partial charge on any atom is 0.416 e. The maximum absolute atomic E-state index is 14.5. The van der Waals surface area contributed by atoms with E-state index in [0.29, 0.717) is 35.8 Å². The van der Waals surface area contributed by atoms with E-state index >= 15 is 0 Å². The van der Waals surface area contributed by atoms with Crippen LogP contribution in [0.4, 0.5) is 28.9 Å². The number of piperidine rings is 1. The summed E-state index contributed by atoms with van der Waals surface area (Å²) in [4.78, 5) is 14.8. The highest BCUT2D eigenvalue weighted by Gasteiger charge is 2.32. The largest absolute Gasteiger partial charge is 0.416 e. The van der Waals surface area contributed by atoms with Gasteiger partial charge in [-0.3, -0.25) is 13.7 Å². The molecule has 1 aliphatic rings. The Morgan fingerprint density at radius 2 is 1.89 bits per heavy atom. The lowest BCUT2D eigenvalue weighted by atomic mass is 9.93. The average Bonchev–Trinajstić information content (AvgIpc) is 2.85. The molecule has 3 rings (SSSR count). The summed E-state index contributed by atoms with van der Waals surface area (Å²) < 4.78 is 75.8. The quantitative estimate of drug-likeness (QED) is 0.352. The van der Waals surface area contributed by atoms with Crippen molar-refractivity contribution in [3.63, 3.8) is 0 Å². The fourth-order valence-corrected chi connectivity index (χ4v) is 4.70. The van der Waals surface area contributed by atoms with Gasteiger partial charge in [0.1, 0.15) is 5.82 Å². The Kier molecular flexibility index (Phi) is 8.99. The van der Waals surface area contributed by atoms with E-state index in [1.54, 1.807) is 6.92 Å². The predicted octanol–water partition coefficient (Wildman–Crippen LogP) is 5.46. The number of carbonyl (C=O) groups is 1. The molecule has 2 aromatic rings. The smallest absolute Gasteiger partial charge is 0.371 e. The minimum atomic E-state index is -4.47. The van der Waals surface area contributed by atoms with Crippen LogP contribution < -0.4 is 14.5 Å². The molecule has 0 spiro atoms. The highest BCUT2D eigenvalue weighted by Crippen LogP contribution is 2.35. The minimum Gasteiger partial charge on any atom is -0.371 e. The standard InChI is InChI=1S/C25H31F4N3O3S/c1-4-17-9-11-32(12-10-17)23-14-20(25(27,28)29)7-5-19(23)15-30-24(33)16(2)18-6-8-22(21(26)13-18)31(3)36(34)35/h5-8,13-14,16-17H,4,9-12,15H2,1-3H3,(H,30,33)(H,34,35). The van der Waals surface area contributed by atoms with Crippen LogP contribution in [-0.4, -0.2) is 34.8 Å². The van der Waals surface area contributed by atoms with Gasteiger partial charge in [0.25, 0.3) is 11.3 Å². The van der Waals surface area contributed by atoms with Crippen LogP contribution in [0.5, 0.6) is 0 Å². The molecule has 0 aromatic heterocycles. The van der Waals surface area contributed by atoms with Crippen LogP contribution in [0.3, 0.4) is 0 Å². The molecule has 11 heteroatoms. The molecule has 198 valence electrons. The molecule has 0 saturated carbocycles. The number of benzene rings is 2. The molecule has 1 saturated heterocycles. The molecule has 1 aliphatic heterocycles. The number of hydrogen-bond donors (Lipinski definition) is 2. The number of nitrogens with one attached hydrogen (secondary N) is 1. The maximum atomic E-state index is 14.5. The van der Waals surface area contributed by atoms with Crippen LogP contribution in [0.25, 0.3) is 0 Å². The molecule has 2 unspecified atom stereocenters. The van der Waals surface area contributed by atoms with E-state index in [9.17, 15) is 26.6 Å². The summed E-state index contributed by atoms with van der Waals surface area (Å²) in [5, 5.41) is 2.76. The number of rotatable bonds is 8. The summed E-state index contributed by atoms with van der Waals surface area (Å²) in [7, 11) is 1.26. The first-order chi connectivity index (χ1) is 16.9. The molecule has 0 bridgehead atoms. The Labute approximate surface area is 211 Å². The van der Waals surface area contributed by atoms with Gasteiger partial charge in [-0.1, -0.05) is 25.5 Å². The molecule has 2 atom stereocenters. The minimum absolute atomic E-state index is 0.0249. The SMILES string of the molecule is CCC1CCN(c2cc(C(F)(F)F)ccc2CNC(=O)C(C)c2ccc(N(C)S(=O)O)c(F)c2)CC1. The van der Waals surface area contributed by atoms with Gasteiger partial charge in [-0.2, -0.15) is 13.2 Å². The van der Waals surface area contributed by atoms with Gasteiger partial charge in [-0.05, 0) is 61.1 Å². The monoisotopic (exact) mass is 529 g/mol. The van der Waals surface area contributed by atoms with Gasteiger partial charge in [0, 0.05) is 32.4 Å². The highest BCUT2D eigenvalue weighted by molar-refractivity contribution is 7.80. The van der Waals surface area contributed by atoms with E-state index in [1.807, 2.05) is 4.90 Å². The summed E-state index contributed by atoms with van der Waals surface area (Å²) in [5.74, 6) is -1.37. The fraction of sp³-hybridized carbons (Fsp3) is 0.480. The molecule has 2 aromatic carbocycles. The van der Waals surface area contributed by atoms with Gasteiger partial charge >= 0.3 is 6.18 Å². The van der Waals surface area contributed by atoms with Crippen LogP contribution in [0.15, 0.2) is 36.4 Å². The number of halogens is 4. The summed E-state index contributed by atoms with van der Waals surface area (Å²) in [6.07, 6.45) is -1.64. The zero-order valence-electron chi connectivity index (χ0n) is 20.4. The lowest BCUT2D eigenvalue weighted by Crippen LogP contribution is -2.35. The second kappa shape index (κ2) is 11.6. The Morgan fingerprint density at radius 3 is 2.44 bits per heavy atom. The third-order valence-corrected chi connectivity index (χ3v) is 7.50. The zero-order chi connectivity index (χ0) is 26.6. The second-order valence-corrected chi connectivity index (χ2v) is 10.1. The van der Waals surface area contributed by atoms with Crippen molar-refractivity contribution in [2.75, 3.05) is 29.3 Å². The van der Waals surface area contributed by atoms with E-state index < -0.39 is 40.6 Å². The van der Waals surface area contributed by atoms with Gasteiger partial charge < -0.3 is 10.2 Å². The van der Waals surface area contributed by atoms with Crippen molar-refractivity contribution in [1.29, 1.82) is 0 Å². The van der Waals surface area contributed by atoms with Crippen LogP contribution in [0.1, 0.15) is 55.7 Å². The van der Waals surface area contributed by atoms with E-state index in [-0.39, 0.29) is 12.2 Å². The number of carbonyl (C=O) groups excluding carboxylic acids is 1. The Balaban J connectivity index is 1.76.